The van der Waals surface area contributed by atoms with Crippen molar-refractivity contribution in [2.24, 2.45) is 0 Å². The minimum atomic E-state index is -0.270. The largest absolute Gasteiger partial charge is 0.491 e. The number of benzene rings is 3. The average molecular weight is 486 g/mol. The summed E-state index contributed by atoms with van der Waals surface area (Å²) in [5.41, 5.74) is 6.24. The van der Waals surface area contributed by atoms with Crippen molar-refractivity contribution in [2.75, 3.05) is 38.4 Å². The van der Waals surface area contributed by atoms with E-state index < -0.39 is 0 Å². The summed E-state index contributed by atoms with van der Waals surface area (Å²) in [7, 11) is 1.44. The van der Waals surface area contributed by atoms with Gasteiger partial charge in [0, 0.05) is 31.0 Å². The number of rotatable bonds is 11. The zero-order valence-corrected chi connectivity index (χ0v) is 21.2. The number of anilines is 1. The number of methoxy groups -OCH3 is 1. The summed E-state index contributed by atoms with van der Waals surface area (Å²) in [6.07, 6.45) is 4.83. The lowest BCUT2D eigenvalue weighted by atomic mass is 10.00. The molecule has 1 aliphatic heterocycles. The quantitative estimate of drug-likeness (QED) is 0.229. The van der Waals surface area contributed by atoms with Crippen LogP contribution in [-0.4, -0.2) is 39.4 Å². The fraction of sp³-hybridized carbons (Fsp3) is 0.323. The molecule has 36 heavy (non-hydrogen) atoms. The first-order chi connectivity index (χ1) is 17.7. The molecule has 5 nitrogen and oxygen atoms in total. The Morgan fingerprint density at radius 2 is 1.69 bits per heavy atom. The Kier molecular flexibility index (Phi) is 9.17. The number of unbranched alkanes of at least 4 members (excludes halogenated alkanes) is 1. The average Bonchev–Trinajstić information content (AvgIpc) is 3.10. The number of hydrogen-bond acceptors (Lipinski definition) is 5. The molecule has 0 aliphatic carbocycles. The molecule has 0 aromatic heterocycles. The molecule has 0 unspecified atom stereocenters. The molecule has 3 aromatic carbocycles. The van der Waals surface area contributed by atoms with Gasteiger partial charge in [0.2, 0.25) is 0 Å². The normalized spacial score (nSPS) is 12.9. The molecule has 0 spiro atoms. The van der Waals surface area contributed by atoms with Gasteiger partial charge in [-0.15, -0.1) is 0 Å². The van der Waals surface area contributed by atoms with Crippen LogP contribution in [0.4, 0.5) is 5.69 Å². The summed E-state index contributed by atoms with van der Waals surface area (Å²) in [6, 6.07) is 25.0. The molecule has 4 rings (SSSR count). The van der Waals surface area contributed by atoms with Crippen molar-refractivity contribution in [2.45, 2.75) is 32.7 Å². The fourth-order valence-electron chi connectivity index (χ4n) is 4.34. The number of hydrogen-bond donors (Lipinski definition) is 0. The van der Waals surface area contributed by atoms with Crippen molar-refractivity contribution in [3.8, 4) is 16.9 Å². The third kappa shape index (κ3) is 6.76. The lowest BCUT2D eigenvalue weighted by Crippen LogP contribution is -2.24. The molecular weight excluding hydrogens is 450 g/mol. The van der Waals surface area contributed by atoms with Crippen molar-refractivity contribution in [1.29, 1.82) is 0 Å². The van der Waals surface area contributed by atoms with Gasteiger partial charge in [-0.25, -0.2) is 4.79 Å². The van der Waals surface area contributed by atoms with Crippen molar-refractivity contribution < 1.29 is 19.0 Å². The van der Waals surface area contributed by atoms with Gasteiger partial charge in [-0.3, -0.25) is 0 Å². The van der Waals surface area contributed by atoms with Gasteiger partial charge in [0.15, 0.2) is 0 Å². The van der Waals surface area contributed by atoms with Crippen molar-refractivity contribution in [3.05, 3.63) is 89.5 Å². The Balaban J connectivity index is 1.52. The van der Waals surface area contributed by atoms with E-state index >= 15 is 0 Å². The van der Waals surface area contributed by atoms with Crippen LogP contribution in [0.5, 0.6) is 5.75 Å². The van der Waals surface area contributed by atoms with Gasteiger partial charge in [-0.05, 0) is 65.4 Å². The Labute approximate surface area is 214 Å². The molecule has 0 radical (unpaired) electrons. The minimum absolute atomic E-state index is 0.270. The zero-order valence-electron chi connectivity index (χ0n) is 21.2. The molecule has 0 fully saturated rings. The second kappa shape index (κ2) is 12.9. The molecule has 0 amide bonds. The van der Waals surface area contributed by atoms with Crippen LogP contribution in [0.1, 0.15) is 37.3 Å². The van der Waals surface area contributed by atoms with Crippen LogP contribution in [0, 0.1) is 0 Å². The fourth-order valence-corrected chi connectivity index (χ4v) is 4.34. The molecule has 0 saturated carbocycles. The standard InChI is InChI=1S/C31H35NO4/c1-3-4-18-35-19-20-36-29-13-10-25(11-14-29)26-12-15-30-28(21-26)22-27(31(33)34-2)16-17-32(30)23-24-8-6-5-7-9-24/h5-15,21-22H,3-4,16-20,23H2,1-2H3. The number of esters is 1. The maximum Gasteiger partial charge on any atom is 0.333 e. The molecule has 1 heterocycles. The van der Waals surface area contributed by atoms with Crippen LogP contribution in [-0.2, 0) is 20.8 Å². The van der Waals surface area contributed by atoms with Gasteiger partial charge in [0.25, 0.3) is 0 Å². The number of carbonyl (C=O) groups excluding carboxylic acids is 1. The van der Waals surface area contributed by atoms with Gasteiger partial charge in [-0.2, -0.15) is 0 Å². The monoisotopic (exact) mass is 485 g/mol. The van der Waals surface area contributed by atoms with Gasteiger partial charge in [-0.1, -0.05) is 61.9 Å². The minimum Gasteiger partial charge on any atom is -0.491 e. The van der Waals surface area contributed by atoms with Crippen LogP contribution < -0.4 is 9.64 Å². The third-order valence-corrected chi connectivity index (χ3v) is 6.34. The third-order valence-electron chi connectivity index (χ3n) is 6.34. The van der Waals surface area contributed by atoms with Crippen LogP contribution in [0.25, 0.3) is 17.2 Å². The molecule has 1 aliphatic rings. The summed E-state index contributed by atoms with van der Waals surface area (Å²) in [5, 5.41) is 0. The first-order valence-corrected chi connectivity index (χ1v) is 12.7. The Bertz CT molecular complexity index is 1150. The van der Waals surface area contributed by atoms with E-state index in [2.05, 4.69) is 66.4 Å². The van der Waals surface area contributed by atoms with E-state index in [0.29, 0.717) is 25.2 Å². The highest BCUT2D eigenvalue weighted by molar-refractivity contribution is 5.96. The van der Waals surface area contributed by atoms with E-state index in [1.165, 1.54) is 12.7 Å². The maximum absolute atomic E-state index is 12.4. The second-order valence-corrected chi connectivity index (χ2v) is 8.93. The smallest absolute Gasteiger partial charge is 0.333 e. The van der Waals surface area contributed by atoms with Crippen LogP contribution in [0.2, 0.25) is 0 Å². The number of carbonyl (C=O) groups is 1. The van der Waals surface area contributed by atoms with Crippen molar-refractivity contribution in [1.82, 2.24) is 0 Å². The van der Waals surface area contributed by atoms with Crippen molar-refractivity contribution >= 4 is 17.7 Å². The summed E-state index contributed by atoms with van der Waals surface area (Å²) < 4.78 is 16.4. The van der Waals surface area contributed by atoms with Gasteiger partial charge in [0.1, 0.15) is 12.4 Å². The lowest BCUT2D eigenvalue weighted by molar-refractivity contribution is -0.136. The molecule has 0 saturated heterocycles. The SMILES string of the molecule is CCCCOCCOc1ccc(-c2ccc3c(c2)C=C(C(=O)OC)CCN3Cc2ccccc2)cc1. The Morgan fingerprint density at radius 1 is 0.917 bits per heavy atom. The topological polar surface area (TPSA) is 48.0 Å². The van der Waals surface area contributed by atoms with E-state index in [9.17, 15) is 4.79 Å². The van der Waals surface area contributed by atoms with E-state index in [1.54, 1.807) is 0 Å². The number of nitrogens with zero attached hydrogens (tertiary/aromatic N) is 1. The molecule has 188 valence electrons. The summed E-state index contributed by atoms with van der Waals surface area (Å²) >= 11 is 0. The molecule has 0 bridgehead atoms. The highest BCUT2D eigenvalue weighted by Gasteiger charge is 2.20. The van der Waals surface area contributed by atoms with Crippen LogP contribution in [0.15, 0.2) is 78.4 Å². The highest BCUT2D eigenvalue weighted by Crippen LogP contribution is 2.34. The summed E-state index contributed by atoms with van der Waals surface area (Å²) in [5.74, 6) is 0.558. The van der Waals surface area contributed by atoms with Gasteiger partial charge in [0.05, 0.1) is 13.7 Å². The Hall–Kier alpha value is -3.57. The van der Waals surface area contributed by atoms with E-state index in [-0.39, 0.29) is 5.97 Å². The zero-order chi connectivity index (χ0) is 25.2. The van der Waals surface area contributed by atoms with Gasteiger partial charge < -0.3 is 19.1 Å². The van der Waals surface area contributed by atoms with Gasteiger partial charge >= 0.3 is 5.97 Å². The maximum atomic E-state index is 12.4. The highest BCUT2D eigenvalue weighted by atomic mass is 16.5. The van der Waals surface area contributed by atoms with E-state index in [4.69, 9.17) is 14.2 Å². The predicted molar refractivity (Wildman–Crippen MR) is 145 cm³/mol. The number of fused-ring (bicyclic) bond motifs is 1. The predicted octanol–water partition coefficient (Wildman–Crippen LogP) is 6.52. The summed E-state index contributed by atoms with van der Waals surface area (Å²) in [6.45, 7) is 5.61. The first kappa shape index (κ1) is 25.5. The van der Waals surface area contributed by atoms with Crippen molar-refractivity contribution in [3.63, 3.8) is 0 Å². The first-order valence-electron chi connectivity index (χ1n) is 12.7. The van der Waals surface area contributed by atoms with E-state index in [1.807, 2.05) is 24.3 Å². The number of ether oxygens (including phenoxy) is 3. The van der Waals surface area contributed by atoms with Crippen LogP contribution >= 0.6 is 0 Å². The van der Waals surface area contributed by atoms with E-state index in [0.717, 1.165) is 60.7 Å². The Morgan fingerprint density at radius 3 is 2.44 bits per heavy atom. The molecule has 5 heteroatoms. The second-order valence-electron chi connectivity index (χ2n) is 8.93. The molecule has 0 atom stereocenters. The molecule has 0 N–H and O–H groups in total. The van der Waals surface area contributed by atoms with Crippen LogP contribution in [0.3, 0.4) is 0 Å². The lowest BCUT2D eigenvalue weighted by Gasteiger charge is -2.25. The summed E-state index contributed by atoms with van der Waals surface area (Å²) in [4.78, 5) is 14.7. The molecular formula is C31H35NO4. The molecule has 3 aromatic rings.